The zero-order chi connectivity index (χ0) is 15.1. The van der Waals surface area contributed by atoms with Gasteiger partial charge in [0.25, 0.3) is 0 Å². The second-order valence-electron chi connectivity index (χ2n) is 6.18. The summed E-state index contributed by atoms with van der Waals surface area (Å²) in [5.74, 6) is -0.103. The third-order valence-electron chi connectivity index (χ3n) is 3.29. The molecule has 0 unspecified atom stereocenters. The Hall–Kier alpha value is -0.810. The highest BCUT2D eigenvalue weighted by molar-refractivity contribution is 5.87. The van der Waals surface area contributed by atoms with Gasteiger partial charge >= 0.3 is 5.97 Å². The molecule has 0 spiro atoms. The van der Waals surface area contributed by atoms with Crippen LogP contribution in [-0.2, 0) is 14.3 Å². The summed E-state index contributed by atoms with van der Waals surface area (Å²) >= 11 is 0. The first-order chi connectivity index (χ1) is 9.40. The largest absolute Gasteiger partial charge is 0.461 e. The van der Waals surface area contributed by atoms with Crippen LogP contribution in [0.1, 0.15) is 53.4 Å². The van der Waals surface area contributed by atoms with E-state index in [-0.39, 0.29) is 36.4 Å². The van der Waals surface area contributed by atoms with Crippen LogP contribution in [0.5, 0.6) is 0 Å². The monoisotopic (exact) mass is 320 g/mol. The highest BCUT2D eigenvalue weighted by atomic mass is 35.5. The third-order valence-corrected chi connectivity index (χ3v) is 3.29. The van der Waals surface area contributed by atoms with Gasteiger partial charge in [0.05, 0.1) is 12.1 Å². The first-order valence-corrected chi connectivity index (χ1v) is 7.64. The Balaban J connectivity index is 0.00000400. The molecule has 5 nitrogen and oxygen atoms in total. The lowest BCUT2D eigenvalue weighted by Gasteiger charge is -2.26. The molecule has 0 aliphatic carbocycles. The predicted molar refractivity (Wildman–Crippen MR) is 85.5 cm³/mol. The van der Waals surface area contributed by atoms with Gasteiger partial charge in [-0.05, 0) is 45.6 Å². The summed E-state index contributed by atoms with van der Waals surface area (Å²) in [5.41, 5.74) is 0. The summed E-state index contributed by atoms with van der Waals surface area (Å²) in [6.45, 7) is 8.55. The van der Waals surface area contributed by atoms with Crippen molar-refractivity contribution in [3.8, 4) is 0 Å². The normalized spacial score (nSPS) is 19.8. The fraction of sp³-hybridized carbons (Fsp3) is 0.867. The second-order valence-corrected chi connectivity index (χ2v) is 6.18. The number of hydrogen-bond donors (Lipinski definition) is 2. The quantitative estimate of drug-likeness (QED) is 0.735. The molecule has 2 N–H and O–H groups in total. The van der Waals surface area contributed by atoms with Gasteiger partial charge in [0.2, 0.25) is 5.91 Å². The standard InChI is InChI=1S/C15H28N2O3.ClH/c1-10(2)9-13(15(19)20-11(3)4)17-14(18)12-7-5-6-8-16-12;/h10-13,16H,5-9H2,1-4H3,(H,17,18);1H/t12-,13-;/m0./s1. The maximum Gasteiger partial charge on any atom is 0.328 e. The Morgan fingerprint density at radius 1 is 1.24 bits per heavy atom. The molecule has 0 aromatic rings. The first-order valence-electron chi connectivity index (χ1n) is 7.64. The molecule has 1 rings (SSSR count). The Morgan fingerprint density at radius 2 is 1.90 bits per heavy atom. The van der Waals surface area contributed by atoms with Gasteiger partial charge in [-0.15, -0.1) is 12.4 Å². The zero-order valence-corrected chi connectivity index (χ0v) is 14.3. The molecule has 1 saturated heterocycles. The number of ether oxygens (including phenoxy) is 1. The van der Waals surface area contributed by atoms with E-state index >= 15 is 0 Å². The molecule has 0 aromatic carbocycles. The van der Waals surface area contributed by atoms with Gasteiger partial charge in [0.15, 0.2) is 0 Å². The molecule has 0 saturated carbocycles. The van der Waals surface area contributed by atoms with Crippen molar-refractivity contribution >= 4 is 24.3 Å². The van der Waals surface area contributed by atoms with Gasteiger partial charge in [-0.3, -0.25) is 4.79 Å². The molecule has 21 heavy (non-hydrogen) atoms. The number of rotatable bonds is 6. The fourth-order valence-corrected chi connectivity index (χ4v) is 2.35. The number of halogens is 1. The van der Waals surface area contributed by atoms with Crippen LogP contribution in [-0.4, -0.2) is 36.6 Å². The molecular formula is C15H29ClN2O3. The van der Waals surface area contributed by atoms with Crippen LogP contribution >= 0.6 is 12.4 Å². The molecule has 1 amide bonds. The van der Waals surface area contributed by atoms with Gasteiger partial charge in [0, 0.05) is 0 Å². The predicted octanol–water partition coefficient (Wildman–Crippen LogP) is 2.03. The van der Waals surface area contributed by atoms with Crippen molar-refractivity contribution in [2.24, 2.45) is 5.92 Å². The smallest absolute Gasteiger partial charge is 0.328 e. The topological polar surface area (TPSA) is 67.4 Å². The molecule has 1 heterocycles. The van der Waals surface area contributed by atoms with Crippen molar-refractivity contribution in [3.63, 3.8) is 0 Å². The Morgan fingerprint density at radius 3 is 2.38 bits per heavy atom. The van der Waals surface area contributed by atoms with E-state index in [2.05, 4.69) is 10.6 Å². The minimum atomic E-state index is -0.548. The second kappa shape index (κ2) is 10.0. The van der Waals surface area contributed by atoms with Gasteiger partial charge < -0.3 is 15.4 Å². The van der Waals surface area contributed by atoms with Crippen LogP contribution in [0.3, 0.4) is 0 Å². The molecule has 6 heteroatoms. The van der Waals surface area contributed by atoms with E-state index in [1.807, 2.05) is 27.7 Å². The Kier molecular flexibility index (Phi) is 9.62. The van der Waals surface area contributed by atoms with Gasteiger partial charge in [0.1, 0.15) is 6.04 Å². The maximum atomic E-state index is 12.2. The number of carbonyl (C=O) groups excluding carboxylic acids is 2. The number of amides is 1. The number of piperidine rings is 1. The van der Waals surface area contributed by atoms with Gasteiger partial charge in [-0.2, -0.15) is 0 Å². The lowest BCUT2D eigenvalue weighted by atomic mass is 10.0. The van der Waals surface area contributed by atoms with E-state index < -0.39 is 6.04 Å². The number of carbonyl (C=O) groups is 2. The minimum Gasteiger partial charge on any atom is -0.461 e. The molecule has 124 valence electrons. The summed E-state index contributed by atoms with van der Waals surface area (Å²) in [4.78, 5) is 24.2. The van der Waals surface area contributed by atoms with Crippen LogP contribution < -0.4 is 10.6 Å². The zero-order valence-electron chi connectivity index (χ0n) is 13.5. The van der Waals surface area contributed by atoms with Crippen molar-refractivity contribution < 1.29 is 14.3 Å². The highest BCUT2D eigenvalue weighted by Crippen LogP contribution is 2.11. The van der Waals surface area contributed by atoms with Crippen LogP contribution in [0, 0.1) is 5.92 Å². The highest BCUT2D eigenvalue weighted by Gasteiger charge is 2.28. The summed E-state index contributed by atoms with van der Waals surface area (Å²) in [7, 11) is 0. The molecule has 1 aliphatic heterocycles. The van der Waals surface area contributed by atoms with E-state index in [9.17, 15) is 9.59 Å². The Labute approximate surface area is 134 Å². The summed E-state index contributed by atoms with van der Waals surface area (Å²) in [6, 6.07) is -0.723. The van der Waals surface area contributed by atoms with E-state index in [0.717, 1.165) is 25.8 Å². The van der Waals surface area contributed by atoms with E-state index in [1.54, 1.807) is 0 Å². The SMILES string of the molecule is CC(C)C[C@H](NC(=O)[C@@H]1CCCCN1)C(=O)OC(C)C.Cl. The van der Waals surface area contributed by atoms with Crippen LogP contribution in [0.25, 0.3) is 0 Å². The van der Waals surface area contributed by atoms with E-state index in [1.165, 1.54) is 0 Å². The summed E-state index contributed by atoms with van der Waals surface area (Å²) < 4.78 is 5.23. The van der Waals surface area contributed by atoms with E-state index in [4.69, 9.17) is 4.74 Å². The van der Waals surface area contributed by atoms with Crippen LogP contribution in [0.15, 0.2) is 0 Å². The van der Waals surface area contributed by atoms with Gasteiger partial charge in [-0.25, -0.2) is 4.79 Å². The van der Waals surface area contributed by atoms with E-state index in [0.29, 0.717) is 12.3 Å². The lowest BCUT2D eigenvalue weighted by molar-refractivity contribution is -0.152. The molecule has 1 aliphatic rings. The average molecular weight is 321 g/mol. The number of nitrogens with one attached hydrogen (secondary N) is 2. The molecule has 0 radical (unpaired) electrons. The van der Waals surface area contributed by atoms with Crippen molar-refractivity contribution in [2.75, 3.05) is 6.54 Å². The van der Waals surface area contributed by atoms with Crippen LogP contribution in [0.4, 0.5) is 0 Å². The fourth-order valence-electron chi connectivity index (χ4n) is 2.35. The number of esters is 1. The summed E-state index contributed by atoms with van der Waals surface area (Å²) in [6.07, 6.45) is 3.43. The Bertz CT molecular complexity index is 329. The molecule has 0 aromatic heterocycles. The molecule has 1 fully saturated rings. The molecular weight excluding hydrogens is 292 g/mol. The average Bonchev–Trinajstić information content (AvgIpc) is 2.37. The van der Waals surface area contributed by atoms with Crippen molar-refractivity contribution in [3.05, 3.63) is 0 Å². The molecule has 2 atom stereocenters. The van der Waals surface area contributed by atoms with Crippen molar-refractivity contribution in [2.45, 2.75) is 71.6 Å². The molecule has 0 bridgehead atoms. The van der Waals surface area contributed by atoms with Crippen molar-refractivity contribution in [1.82, 2.24) is 10.6 Å². The maximum absolute atomic E-state index is 12.2. The third kappa shape index (κ3) is 7.67. The number of hydrogen-bond acceptors (Lipinski definition) is 4. The van der Waals surface area contributed by atoms with Crippen molar-refractivity contribution in [1.29, 1.82) is 0 Å². The van der Waals surface area contributed by atoms with Gasteiger partial charge in [-0.1, -0.05) is 20.3 Å². The first kappa shape index (κ1) is 20.2. The van der Waals surface area contributed by atoms with Crippen LogP contribution in [0.2, 0.25) is 0 Å². The lowest BCUT2D eigenvalue weighted by Crippen LogP contribution is -2.52. The minimum absolute atomic E-state index is 0. The summed E-state index contributed by atoms with van der Waals surface area (Å²) in [5, 5.41) is 6.04.